The monoisotopic (exact) mass is 354 g/mol. The SMILES string of the molecule is C[C@]12CC/C(=N\O)C=C1CCC1C2CC[C@@]2(C)C1CC[C@@H]2n1ccnn1. The predicted molar refractivity (Wildman–Crippen MR) is 100.0 cm³/mol. The van der Waals surface area contributed by atoms with Crippen LogP contribution in [0.25, 0.3) is 0 Å². The van der Waals surface area contributed by atoms with Gasteiger partial charge in [0.25, 0.3) is 0 Å². The van der Waals surface area contributed by atoms with Crippen LogP contribution in [0.4, 0.5) is 0 Å². The summed E-state index contributed by atoms with van der Waals surface area (Å²) < 4.78 is 2.14. The average molecular weight is 354 g/mol. The van der Waals surface area contributed by atoms with Gasteiger partial charge >= 0.3 is 0 Å². The third-order valence-electron chi connectivity index (χ3n) is 8.82. The van der Waals surface area contributed by atoms with E-state index in [-0.39, 0.29) is 0 Å². The van der Waals surface area contributed by atoms with Crippen LogP contribution in [0.2, 0.25) is 0 Å². The van der Waals surface area contributed by atoms with Gasteiger partial charge in [0.15, 0.2) is 0 Å². The van der Waals surface area contributed by atoms with Crippen molar-refractivity contribution in [3.63, 3.8) is 0 Å². The number of hydrogen-bond acceptors (Lipinski definition) is 4. The van der Waals surface area contributed by atoms with Gasteiger partial charge in [-0.1, -0.05) is 29.8 Å². The molecule has 0 saturated heterocycles. The Labute approximate surface area is 155 Å². The number of allylic oxidation sites excluding steroid dienone is 2. The van der Waals surface area contributed by atoms with Gasteiger partial charge in [-0.2, -0.15) is 0 Å². The predicted octanol–water partition coefficient (Wildman–Crippen LogP) is 4.61. The molecule has 0 bridgehead atoms. The van der Waals surface area contributed by atoms with Gasteiger partial charge in [0.05, 0.1) is 18.0 Å². The fourth-order valence-corrected chi connectivity index (χ4v) is 7.44. The van der Waals surface area contributed by atoms with Crippen LogP contribution in [0, 0.1) is 28.6 Å². The zero-order valence-corrected chi connectivity index (χ0v) is 15.9. The van der Waals surface area contributed by atoms with E-state index in [4.69, 9.17) is 0 Å². The van der Waals surface area contributed by atoms with Gasteiger partial charge in [-0.25, -0.2) is 4.68 Å². The van der Waals surface area contributed by atoms with Crippen LogP contribution in [0.15, 0.2) is 29.2 Å². The van der Waals surface area contributed by atoms with E-state index in [9.17, 15) is 5.21 Å². The Balaban J connectivity index is 1.47. The first kappa shape index (κ1) is 16.5. The van der Waals surface area contributed by atoms with Crippen LogP contribution >= 0.6 is 0 Å². The molecule has 0 aliphatic heterocycles. The second-order valence-corrected chi connectivity index (χ2v) is 9.61. The van der Waals surface area contributed by atoms with Gasteiger partial charge in [-0.05, 0) is 86.0 Å². The molecule has 5 heteroatoms. The van der Waals surface area contributed by atoms with Crippen LogP contribution in [-0.2, 0) is 0 Å². The molecule has 3 saturated carbocycles. The van der Waals surface area contributed by atoms with Crippen molar-refractivity contribution < 1.29 is 5.21 Å². The minimum atomic E-state index is 0.309. The normalized spacial score (nSPS) is 46.4. The Morgan fingerprint density at radius 2 is 2.00 bits per heavy atom. The lowest BCUT2D eigenvalue weighted by Gasteiger charge is -2.58. The zero-order valence-electron chi connectivity index (χ0n) is 15.9. The number of aromatic nitrogens is 3. The molecule has 1 N–H and O–H groups in total. The molecule has 6 atom stereocenters. The summed E-state index contributed by atoms with van der Waals surface area (Å²) in [7, 11) is 0. The summed E-state index contributed by atoms with van der Waals surface area (Å²) in [5.74, 6) is 2.43. The smallest absolute Gasteiger partial charge is 0.0795 e. The molecule has 0 spiro atoms. The third-order valence-corrected chi connectivity index (χ3v) is 8.82. The van der Waals surface area contributed by atoms with Crippen LogP contribution in [0.1, 0.15) is 71.3 Å². The van der Waals surface area contributed by atoms with Crippen molar-refractivity contribution in [3.8, 4) is 0 Å². The van der Waals surface area contributed by atoms with Gasteiger partial charge < -0.3 is 5.21 Å². The molecule has 1 heterocycles. The Kier molecular flexibility index (Phi) is 3.60. The van der Waals surface area contributed by atoms with Crippen molar-refractivity contribution in [1.29, 1.82) is 0 Å². The molecule has 5 nitrogen and oxygen atoms in total. The first-order chi connectivity index (χ1) is 12.6. The van der Waals surface area contributed by atoms with E-state index < -0.39 is 0 Å². The fraction of sp³-hybridized carbons (Fsp3) is 0.762. The molecular weight excluding hydrogens is 324 g/mol. The number of hydrogen-bond donors (Lipinski definition) is 1. The van der Waals surface area contributed by atoms with Gasteiger partial charge in [0, 0.05) is 6.20 Å². The van der Waals surface area contributed by atoms with Crippen molar-refractivity contribution in [1.82, 2.24) is 15.0 Å². The molecule has 26 heavy (non-hydrogen) atoms. The lowest BCUT2D eigenvalue weighted by molar-refractivity contribution is -0.0482. The molecule has 0 radical (unpaired) electrons. The number of nitrogens with zero attached hydrogens (tertiary/aromatic N) is 4. The number of oxime groups is 1. The van der Waals surface area contributed by atoms with Gasteiger partial charge in [0.1, 0.15) is 0 Å². The second-order valence-electron chi connectivity index (χ2n) is 9.61. The zero-order chi connectivity index (χ0) is 17.9. The Morgan fingerprint density at radius 1 is 1.12 bits per heavy atom. The largest absolute Gasteiger partial charge is 0.411 e. The molecule has 0 aromatic carbocycles. The van der Waals surface area contributed by atoms with Crippen LogP contribution in [-0.4, -0.2) is 25.9 Å². The fourth-order valence-electron chi connectivity index (χ4n) is 7.44. The van der Waals surface area contributed by atoms with Crippen molar-refractivity contribution in [2.24, 2.45) is 33.7 Å². The molecule has 0 amide bonds. The van der Waals surface area contributed by atoms with Gasteiger partial charge in [0.2, 0.25) is 0 Å². The summed E-state index contributed by atoms with van der Waals surface area (Å²) in [6.45, 7) is 5.02. The quantitative estimate of drug-likeness (QED) is 0.591. The van der Waals surface area contributed by atoms with E-state index in [2.05, 4.69) is 46.3 Å². The molecule has 3 unspecified atom stereocenters. The Morgan fingerprint density at radius 3 is 2.77 bits per heavy atom. The minimum absolute atomic E-state index is 0.309. The molecule has 3 fully saturated rings. The van der Waals surface area contributed by atoms with Crippen LogP contribution in [0.5, 0.6) is 0 Å². The second kappa shape index (κ2) is 5.67. The molecule has 4 aliphatic carbocycles. The maximum Gasteiger partial charge on any atom is 0.0795 e. The molecule has 1 aromatic heterocycles. The molecule has 5 rings (SSSR count). The summed E-state index contributed by atoms with van der Waals surface area (Å²) in [6, 6.07) is 0.514. The molecule has 1 aromatic rings. The summed E-state index contributed by atoms with van der Waals surface area (Å²) in [6.07, 6.45) is 15.8. The van der Waals surface area contributed by atoms with E-state index in [1.54, 1.807) is 5.57 Å². The van der Waals surface area contributed by atoms with E-state index >= 15 is 0 Å². The first-order valence-electron chi connectivity index (χ1n) is 10.3. The highest BCUT2D eigenvalue weighted by Crippen LogP contribution is 2.67. The summed E-state index contributed by atoms with van der Waals surface area (Å²) in [4.78, 5) is 0. The van der Waals surface area contributed by atoms with E-state index in [0.717, 1.165) is 36.3 Å². The van der Waals surface area contributed by atoms with Crippen molar-refractivity contribution in [2.45, 2.75) is 71.3 Å². The van der Waals surface area contributed by atoms with Crippen molar-refractivity contribution >= 4 is 5.71 Å². The first-order valence-corrected chi connectivity index (χ1v) is 10.3. The highest BCUT2D eigenvalue weighted by Gasteiger charge is 2.59. The van der Waals surface area contributed by atoms with E-state index in [1.807, 2.05) is 6.20 Å². The maximum atomic E-state index is 9.20. The summed E-state index contributed by atoms with van der Waals surface area (Å²) in [5, 5.41) is 21.1. The molecule has 4 aliphatic rings. The van der Waals surface area contributed by atoms with E-state index in [1.165, 1.54) is 38.5 Å². The van der Waals surface area contributed by atoms with Gasteiger partial charge in [-0.3, -0.25) is 0 Å². The average Bonchev–Trinajstić information content (AvgIpc) is 3.27. The third kappa shape index (κ3) is 2.12. The summed E-state index contributed by atoms with van der Waals surface area (Å²) in [5.41, 5.74) is 3.10. The van der Waals surface area contributed by atoms with Crippen molar-refractivity contribution in [3.05, 3.63) is 24.0 Å². The number of fused-ring (bicyclic) bond motifs is 5. The highest BCUT2D eigenvalue weighted by molar-refractivity contribution is 5.96. The lowest BCUT2D eigenvalue weighted by atomic mass is 9.47. The molecular formula is C21H30N4O. The Hall–Kier alpha value is -1.65. The topological polar surface area (TPSA) is 63.3 Å². The van der Waals surface area contributed by atoms with Crippen LogP contribution in [0.3, 0.4) is 0 Å². The van der Waals surface area contributed by atoms with E-state index in [0.29, 0.717) is 16.9 Å². The maximum absolute atomic E-state index is 9.20. The molecule has 140 valence electrons. The summed E-state index contributed by atoms with van der Waals surface area (Å²) >= 11 is 0. The van der Waals surface area contributed by atoms with Gasteiger partial charge in [-0.15, -0.1) is 5.10 Å². The Bertz CT molecular complexity index is 754. The lowest BCUT2D eigenvalue weighted by Crippen LogP contribution is -2.50. The number of rotatable bonds is 1. The standard InChI is InChI=1S/C21H30N4O/c1-20-9-7-15(23-26)13-14(20)3-4-16-17-5-6-19(25-12-11-22-24-25)21(17,2)10-8-18(16)20/h11-13,16-19,26H,3-10H2,1-2H3/b23-15+/t16?,17?,18?,19-,20-,21-/m0/s1. The van der Waals surface area contributed by atoms with Crippen LogP contribution < -0.4 is 0 Å². The van der Waals surface area contributed by atoms with Crippen molar-refractivity contribution in [2.75, 3.05) is 0 Å². The minimum Gasteiger partial charge on any atom is -0.411 e. The highest BCUT2D eigenvalue weighted by atomic mass is 16.4.